The quantitative estimate of drug-likeness (QED) is 0.115. The molecule has 0 aliphatic heterocycles. The zero-order chi connectivity index (χ0) is 27.7. The first-order chi connectivity index (χ1) is 18.0. The Bertz CT molecular complexity index is 1540. The predicted molar refractivity (Wildman–Crippen MR) is 121 cm³/mol. The van der Waals surface area contributed by atoms with Crippen molar-refractivity contribution in [1.29, 1.82) is 0 Å². The van der Waals surface area contributed by atoms with Crippen molar-refractivity contribution < 1.29 is 36.4 Å². The largest absolute Gasteiger partial charge is 0.464 e. The molecule has 15 heteroatoms. The number of ether oxygens (including phenoxy) is 1. The molecule has 2 heterocycles. The molecule has 0 aliphatic carbocycles. The van der Waals surface area contributed by atoms with Crippen LogP contribution in [-0.4, -0.2) is 30.4 Å². The molecule has 38 heavy (non-hydrogen) atoms. The number of nitrogens with one attached hydrogen (secondary N) is 1. The van der Waals surface area contributed by atoms with Gasteiger partial charge in [-0.25, -0.2) is 26.6 Å². The van der Waals surface area contributed by atoms with Crippen LogP contribution in [0.25, 0.3) is 0 Å². The minimum absolute atomic E-state index is 0.00598. The second kappa shape index (κ2) is 10.3. The molecule has 1 amide bonds. The molecule has 0 saturated carbocycles. The normalized spacial score (nSPS) is 11.0. The van der Waals surface area contributed by atoms with Crippen LogP contribution in [0.3, 0.4) is 0 Å². The Hall–Kier alpha value is -4.82. The molecular weight excluding hydrogens is 519 g/mol. The van der Waals surface area contributed by atoms with Gasteiger partial charge in [-0.3, -0.25) is 19.6 Å². The zero-order valence-electron chi connectivity index (χ0n) is 19.6. The summed E-state index contributed by atoms with van der Waals surface area (Å²) in [5, 5.41) is 21.7. The minimum Gasteiger partial charge on any atom is -0.464 e. The van der Waals surface area contributed by atoms with E-state index in [0.717, 1.165) is 4.68 Å². The minimum atomic E-state index is -2.27. The lowest BCUT2D eigenvalue weighted by molar-refractivity contribution is -0.386. The number of rotatable bonds is 8. The number of aryl methyl sites for hydroxylation is 1. The van der Waals surface area contributed by atoms with E-state index in [1.54, 1.807) is 6.07 Å². The molecule has 0 fully saturated rings. The van der Waals surface area contributed by atoms with E-state index in [2.05, 4.69) is 15.5 Å². The van der Waals surface area contributed by atoms with Gasteiger partial charge < -0.3 is 10.1 Å². The van der Waals surface area contributed by atoms with E-state index in [1.165, 1.54) is 49.0 Å². The van der Waals surface area contributed by atoms with Crippen LogP contribution < -0.4 is 10.1 Å². The highest BCUT2D eigenvalue weighted by atomic mass is 19.2. The SMILES string of the molecule is Cc1nn(Cc2c(F)c(F)c(F)c(F)c2F)c(C)c1NC(=O)c1ccn(COc2ccccc2[N+](=O)[O-])n1. The molecule has 1 N–H and O–H groups in total. The van der Waals surface area contributed by atoms with E-state index in [4.69, 9.17) is 4.74 Å². The molecule has 10 nitrogen and oxygen atoms in total. The number of hydrogen-bond donors (Lipinski definition) is 1. The fourth-order valence-electron chi connectivity index (χ4n) is 3.57. The monoisotopic (exact) mass is 536 g/mol. The van der Waals surface area contributed by atoms with Crippen molar-refractivity contribution in [3.63, 3.8) is 0 Å². The van der Waals surface area contributed by atoms with Crippen LogP contribution >= 0.6 is 0 Å². The molecule has 4 aromatic rings. The summed E-state index contributed by atoms with van der Waals surface area (Å²) in [4.78, 5) is 23.2. The Balaban J connectivity index is 1.49. The molecule has 0 radical (unpaired) electrons. The van der Waals surface area contributed by atoms with Crippen LogP contribution in [-0.2, 0) is 13.3 Å². The Kier molecular flexibility index (Phi) is 7.10. The lowest BCUT2D eigenvalue weighted by Crippen LogP contribution is -2.16. The molecule has 2 aromatic heterocycles. The fraction of sp³-hybridized carbons (Fsp3) is 0.174. The van der Waals surface area contributed by atoms with E-state index in [1.807, 2.05) is 0 Å². The summed E-state index contributed by atoms with van der Waals surface area (Å²) in [7, 11) is 0. The van der Waals surface area contributed by atoms with Gasteiger partial charge in [0.15, 0.2) is 41.4 Å². The van der Waals surface area contributed by atoms with Crippen LogP contribution in [0, 0.1) is 53.0 Å². The number of nitro benzene ring substituents is 1. The van der Waals surface area contributed by atoms with Crippen LogP contribution in [0.5, 0.6) is 5.75 Å². The molecule has 0 saturated heterocycles. The van der Waals surface area contributed by atoms with Crippen molar-refractivity contribution in [3.05, 3.63) is 98.4 Å². The third kappa shape index (κ3) is 4.89. The number of nitro groups is 1. The van der Waals surface area contributed by atoms with Crippen molar-refractivity contribution in [3.8, 4) is 5.75 Å². The van der Waals surface area contributed by atoms with Crippen molar-refractivity contribution in [2.24, 2.45) is 0 Å². The van der Waals surface area contributed by atoms with Gasteiger partial charge in [-0.05, 0) is 26.0 Å². The maximum atomic E-state index is 14.1. The average molecular weight is 536 g/mol. The number of halogens is 5. The Morgan fingerprint density at radius 2 is 1.63 bits per heavy atom. The Morgan fingerprint density at radius 3 is 2.29 bits per heavy atom. The predicted octanol–water partition coefficient (Wildman–Crippen LogP) is 4.64. The van der Waals surface area contributed by atoms with Crippen molar-refractivity contribution in [2.75, 3.05) is 5.32 Å². The van der Waals surface area contributed by atoms with Gasteiger partial charge in [0.1, 0.15) is 0 Å². The van der Waals surface area contributed by atoms with E-state index in [-0.39, 0.29) is 40.9 Å². The highest BCUT2D eigenvalue weighted by Gasteiger charge is 2.27. The van der Waals surface area contributed by atoms with Gasteiger partial charge in [-0.15, -0.1) is 0 Å². The van der Waals surface area contributed by atoms with E-state index in [9.17, 15) is 36.9 Å². The van der Waals surface area contributed by atoms with Crippen LogP contribution in [0.2, 0.25) is 0 Å². The molecule has 0 spiro atoms. The number of carbonyl (C=O) groups excluding carboxylic acids is 1. The summed E-state index contributed by atoms with van der Waals surface area (Å²) in [6.45, 7) is 1.87. The van der Waals surface area contributed by atoms with Crippen molar-refractivity contribution in [2.45, 2.75) is 27.1 Å². The first kappa shape index (κ1) is 26.2. The number of nitrogens with zero attached hydrogens (tertiary/aromatic N) is 5. The topological polar surface area (TPSA) is 117 Å². The Morgan fingerprint density at radius 1 is 1.00 bits per heavy atom. The highest BCUT2D eigenvalue weighted by molar-refractivity contribution is 6.03. The highest BCUT2D eigenvalue weighted by Crippen LogP contribution is 2.27. The second-order valence-corrected chi connectivity index (χ2v) is 7.94. The summed E-state index contributed by atoms with van der Waals surface area (Å²) in [5.74, 6) is -11.1. The summed E-state index contributed by atoms with van der Waals surface area (Å²) in [6, 6.07) is 7.07. The van der Waals surface area contributed by atoms with Gasteiger partial charge in [0.05, 0.1) is 34.1 Å². The summed E-state index contributed by atoms with van der Waals surface area (Å²) < 4.78 is 76.3. The van der Waals surface area contributed by atoms with Gasteiger partial charge >= 0.3 is 5.69 Å². The van der Waals surface area contributed by atoms with Gasteiger partial charge in [0.2, 0.25) is 5.82 Å². The zero-order valence-corrected chi connectivity index (χ0v) is 19.6. The van der Waals surface area contributed by atoms with Crippen LogP contribution in [0.1, 0.15) is 27.4 Å². The maximum Gasteiger partial charge on any atom is 0.311 e. The number of hydrogen-bond acceptors (Lipinski definition) is 6. The number of para-hydroxylation sites is 2. The molecule has 4 rings (SSSR count). The van der Waals surface area contributed by atoms with E-state index < -0.39 is 52.0 Å². The van der Waals surface area contributed by atoms with Gasteiger partial charge in [0.25, 0.3) is 5.91 Å². The van der Waals surface area contributed by atoms with Gasteiger partial charge in [-0.1, -0.05) is 12.1 Å². The van der Waals surface area contributed by atoms with Gasteiger partial charge in [0, 0.05) is 12.3 Å². The van der Waals surface area contributed by atoms with E-state index >= 15 is 0 Å². The first-order valence-electron chi connectivity index (χ1n) is 10.7. The molecule has 0 atom stereocenters. The standard InChI is InChI=1S/C23H17F5N6O4/c1-11-22(12(2)33(30-11)9-13-17(24)19(26)21(28)20(27)18(13)25)29-23(35)14-7-8-32(31-14)10-38-16-6-4-3-5-15(16)34(36)37/h3-8H,9-10H2,1-2H3,(H,29,35). The third-order valence-electron chi connectivity index (χ3n) is 5.52. The Labute approximate surface area is 210 Å². The van der Waals surface area contributed by atoms with Crippen LogP contribution in [0.15, 0.2) is 36.5 Å². The molecule has 0 aliphatic rings. The molecular formula is C23H17F5N6O4. The average Bonchev–Trinajstić information content (AvgIpc) is 3.48. The number of benzene rings is 2. The summed E-state index contributed by atoms with van der Waals surface area (Å²) in [5.41, 5.74) is -0.862. The fourth-order valence-corrected chi connectivity index (χ4v) is 3.57. The third-order valence-corrected chi connectivity index (χ3v) is 5.52. The maximum absolute atomic E-state index is 14.1. The molecule has 198 valence electrons. The van der Waals surface area contributed by atoms with E-state index in [0.29, 0.717) is 0 Å². The smallest absolute Gasteiger partial charge is 0.311 e. The number of carbonyl (C=O) groups is 1. The number of anilines is 1. The van der Waals surface area contributed by atoms with Crippen molar-refractivity contribution >= 4 is 17.3 Å². The van der Waals surface area contributed by atoms with Gasteiger partial charge in [-0.2, -0.15) is 10.2 Å². The number of amides is 1. The first-order valence-corrected chi connectivity index (χ1v) is 10.7. The molecule has 0 bridgehead atoms. The van der Waals surface area contributed by atoms with Crippen molar-refractivity contribution in [1.82, 2.24) is 19.6 Å². The molecule has 2 aromatic carbocycles. The summed E-state index contributed by atoms with van der Waals surface area (Å²) in [6.07, 6.45) is 1.40. The lowest BCUT2D eigenvalue weighted by atomic mass is 10.1. The van der Waals surface area contributed by atoms with Crippen LogP contribution in [0.4, 0.5) is 33.3 Å². The second-order valence-electron chi connectivity index (χ2n) is 7.94. The summed E-state index contributed by atoms with van der Waals surface area (Å²) >= 11 is 0. The number of aromatic nitrogens is 4. The molecule has 0 unspecified atom stereocenters. The lowest BCUT2D eigenvalue weighted by Gasteiger charge is -2.10.